The fourth-order valence-corrected chi connectivity index (χ4v) is 2.31. The third-order valence-electron chi connectivity index (χ3n) is 3.04. The van der Waals surface area contributed by atoms with E-state index in [-0.39, 0.29) is 0 Å². The Balaban J connectivity index is 1.91. The van der Waals surface area contributed by atoms with Gasteiger partial charge in [-0.15, -0.1) is 0 Å². The van der Waals surface area contributed by atoms with Gasteiger partial charge in [-0.3, -0.25) is 4.79 Å². The summed E-state index contributed by atoms with van der Waals surface area (Å²) >= 11 is 0. The van der Waals surface area contributed by atoms with Crippen LogP contribution in [0.2, 0.25) is 0 Å². The molecule has 0 saturated heterocycles. The maximum atomic E-state index is 11.2. The number of carbonyl (C=O) groups excluding carboxylic acids is 1. The lowest BCUT2D eigenvalue weighted by Crippen LogP contribution is -1.97. The van der Waals surface area contributed by atoms with E-state index in [2.05, 4.69) is 26.0 Å². The molecule has 0 heterocycles. The molecular weight excluding hydrogens is 148 g/mol. The molecule has 2 fully saturated rings. The zero-order chi connectivity index (χ0) is 8.72. The van der Waals surface area contributed by atoms with Crippen molar-refractivity contribution in [3.63, 3.8) is 0 Å². The fraction of sp³-hybridized carbons (Fsp3) is 0.727. The first kappa shape index (κ1) is 8.03. The normalized spacial score (nSPS) is 39.6. The molecule has 1 nitrogen and oxygen atoms in total. The fourth-order valence-electron chi connectivity index (χ4n) is 2.31. The van der Waals surface area contributed by atoms with Crippen molar-refractivity contribution >= 4 is 5.78 Å². The summed E-state index contributed by atoms with van der Waals surface area (Å²) in [6.07, 6.45) is 6.49. The minimum absolute atomic E-state index is 0.431. The number of ketones is 1. The Kier molecular flexibility index (Phi) is 1.82. The number of fused-ring (bicyclic) bond motifs is 1. The maximum Gasteiger partial charge on any atom is 0.136 e. The van der Waals surface area contributed by atoms with Crippen LogP contribution in [0.4, 0.5) is 0 Å². The van der Waals surface area contributed by atoms with Crippen LogP contribution in [-0.4, -0.2) is 5.78 Å². The predicted octanol–water partition coefficient (Wildman–Crippen LogP) is 2.42. The average Bonchev–Trinajstić information content (AvgIpc) is 2.58. The molecular formula is C11H16O. The molecule has 66 valence electrons. The van der Waals surface area contributed by atoms with Crippen molar-refractivity contribution in [2.75, 3.05) is 0 Å². The van der Waals surface area contributed by atoms with Gasteiger partial charge < -0.3 is 0 Å². The van der Waals surface area contributed by atoms with E-state index in [0.717, 1.165) is 18.8 Å². The first-order valence-electron chi connectivity index (χ1n) is 4.91. The van der Waals surface area contributed by atoms with Gasteiger partial charge in [0.1, 0.15) is 5.78 Å². The van der Waals surface area contributed by atoms with E-state index in [1.807, 2.05) is 0 Å². The number of rotatable bonds is 2. The van der Waals surface area contributed by atoms with Gasteiger partial charge in [-0.2, -0.15) is 0 Å². The van der Waals surface area contributed by atoms with Crippen molar-refractivity contribution in [3.8, 4) is 0 Å². The van der Waals surface area contributed by atoms with Crippen molar-refractivity contribution in [2.45, 2.75) is 26.7 Å². The van der Waals surface area contributed by atoms with E-state index in [1.54, 1.807) is 0 Å². The number of allylic oxidation sites excluding steroid dienone is 2. The Bertz CT molecular complexity index is 227. The van der Waals surface area contributed by atoms with Crippen LogP contribution in [0.25, 0.3) is 0 Å². The molecule has 0 aromatic carbocycles. The molecule has 2 rings (SSSR count). The van der Waals surface area contributed by atoms with E-state index < -0.39 is 0 Å². The van der Waals surface area contributed by atoms with Gasteiger partial charge in [0.2, 0.25) is 0 Å². The smallest absolute Gasteiger partial charge is 0.136 e. The van der Waals surface area contributed by atoms with Crippen molar-refractivity contribution in [1.82, 2.24) is 0 Å². The highest BCUT2D eigenvalue weighted by Gasteiger charge is 2.56. The van der Waals surface area contributed by atoms with Crippen molar-refractivity contribution in [2.24, 2.45) is 23.7 Å². The van der Waals surface area contributed by atoms with Crippen LogP contribution in [-0.2, 0) is 4.79 Å². The summed E-state index contributed by atoms with van der Waals surface area (Å²) in [5.41, 5.74) is 0. The van der Waals surface area contributed by atoms with Crippen LogP contribution in [0.3, 0.4) is 0 Å². The highest BCUT2D eigenvalue weighted by atomic mass is 16.1. The summed E-state index contributed by atoms with van der Waals surface area (Å²) in [5.74, 6) is 2.92. The van der Waals surface area contributed by atoms with E-state index >= 15 is 0 Å². The molecule has 0 bridgehead atoms. The SMILES string of the molecule is CC(C)/C=C/C1[C@H]2C(=O)CC[C@@H]12. The molecule has 2 saturated carbocycles. The Labute approximate surface area is 73.8 Å². The van der Waals surface area contributed by atoms with Crippen LogP contribution in [0.5, 0.6) is 0 Å². The molecule has 2 aliphatic rings. The highest BCUT2D eigenvalue weighted by Crippen LogP contribution is 2.56. The van der Waals surface area contributed by atoms with Gasteiger partial charge in [-0.25, -0.2) is 0 Å². The molecule has 1 unspecified atom stereocenters. The quantitative estimate of drug-likeness (QED) is 0.573. The van der Waals surface area contributed by atoms with Gasteiger partial charge in [-0.1, -0.05) is 26.0 Å². The summed E-state index contributed by atoms with van der Waals surface area (Å²) in [4.78, 5) is 11.2. The lowest BCUT2D eigenvalue weighted by molar-refractivity contribution is -0.119. The lowest BCUT2D eigenvalue weighted by Gasteiger charge is -1.96. The number of hydrogen-bond donors (Lipinski definition) is 0. The minimum Gasteiger partial charge on any atom is -0.299 e. The zero-order valence-electron chi connectivity index (χ0n) is 7.79. The van der Waals surface area contributed by atoms with Crippen LogP contribution in [0, 0.1) is 23.7 Å². The first-order valence-corrected chi connectivity index (χ1v) is 4.91. The highest BCUT2D eigenvalue weighted by molar-refractivity contribution is 5.87. The van der Waals surface area contributed by atoms with Gasteiger partial charge in [0.05, 0.1) is 0 Å². The minimum atomic E-state index is 0.431. The van der Waals surface area contributed by atoms with Crippen LogP contribution in [0.15, 0.2) is 12.2 Å². The molecule has 0 N–H and O–H groups in total. The Hall–Kier alpha value is -0.590. The van der Waals surface area contributed by atoms with Crippen LogP contribution >= 0.6 is 0 Å². The standard InChI is InChI=1S/C11H16O/c1-7(2)3-4-8-9-5-6-10(12)11(8)9/h3-4,7-9,11H,5-6H2,1-2H3/b4-3+/t8?,9-,11+/m0/s1. The summed E-state index contributed by atoms with van der Waals surface area (Å²) in [5, 5.41) is 0. The van der Waals surface area contributed by atoms with E-state index in [4.69, 9.17) is 0 Å². The molecule has 0 aromatic heterocycles. The van der Waals surface area contributed by atoms with Crippen molar-refractivity contribution in [1.29, 1.82) is 0 Å². The number of hydrogen-bond acceptors (Lipinski definition) is 1. The van der Waals surface area contributed by atoms with Gasteiger partial charge >= 0.3 is 0 Å². The average molecular weight is 164 g/mol. The summed E-state index contributed by atoms with van der Waals surface area (Å²) in [6, 6.07) is 0. The molecule has 12 heavy (non-hydrogen) atoms. The maximum absolute atomic E-state index is 11.2. The second-order valence-electron chi connectivity index (χ2n) is 4.40. The third-order valence-corrected chi connectivity index (χ3v) is 3.04. The third kappa shape index (κ3) is 1.21. The van der Waals surface area contributed by atoms with E-state index in [1.165, 1.54) is 0 Å². The van der Waals surface area contributed by atoms with E-state index in [9.17, 15) is 4.79 Å². The molecule has 1 heteroatoms. The van der Waals surface area contributed by atoms with Gasteiger partial charge in [0.15, 0.2) is 0 Å². The molecule has 0 amide bonds. The summed E-state index contributed by atoms with van der Waals surface area (Å²) in [7, 11) is 0. The van der Waals surface area contributed by atoms with Gasteiger partial charge in [0.25, 0.3) is 0 Å². The monoisotopic (exact) mass is 164 g/mol. The van der Waals surface area contributed by atoms with Gasteiger partial charge in [0, 0.05) is 12.3 Å². The number of Topliss-reactive ketones (excluding diaryl/α,β-unsaturated/α-hetero) is 1. The largest absolute Gasteiger partial charge is 0.299 e. The lowest BCUT2D eigenvalue weighted by atomic mass is 10.1. The first-order chi connectivity index (χ1) is 5.70. The predicted molar refractivity (Wildman–Crippen MR) is 48.7 cm³/mol. The molecule has 0 aliphatic heterocycles. The topological polar surface area (TPSA) is 17.1 Å². The summed E-state index contributed by atoms with van der Waals surface area (Å²) in [6.45, 7) is 4.35. The summed E-state index contributed by atoms with van der Waals surface area (Å²) < 4.78 is 0. The molecule has 0 aromatic rings. The molecule has 0 radical (unpaired) electrons. The zero-order valence-corrected chi connectivity index (χ0v) is 7.79. The Morgan fingerprint density at radius 2 is 2.25 bits per heavy atom. The Morgan fingerprint density at radius 1 is 1.50 bits per heavy atom. The molecule has 3 atom stereocenters. The van der Waals surface area contributed by atoms with Crippen molar-refractivity contribution < 1.29 is 4.79 Å². The molecule has 2 aliphatic carbocycles. The molecule has 0 spiro atoms. The second kappa shape index (κ2) is 2.72. The number of carbonyl (C=O) groups is 1. The Morgan fingerprint density at radius 3 is 2.75 bits per heavy atom. The second-order valence-corrected chi connectivity index (χ2v) is 4.40. The van der Waals surface area contributed by atoms with Crippen molar-refractivity contribution in [3.05, 3.63) is 12.2 Å². The van der Waals surface area contributed by atoms with Crippen LogP contribution in [0.1, 0.15) is 26.7 Å². The van der Waals surface area contributed by atoms with E-state index in [0.29, 0.717) is 23.5 Å². The van der Waals surface area contributed by atoms with Crippen LogP contribution < -0.4 is 0 Å². The van der Waals surface area contributed by atoms with Gasteiger partial charge in [-0.05, 0) is 24.2 Å².